The van der Waals surface area contributed by atoms with Crippen LogP contribution in [0.5, 0.6) is 0 Å². The minimum absolute atomic E-state index is 0.0158. The van der Waals surface area contributed by atoms with Gasteiger partial charge >= 0.3 is 0 Å². The fourth-order valence-electron chi connectivity index (χ4n) is 3.51. The highest BCUT2D eigenvalue weighted by Gasteiger charge is 2.23. The third-order valence-electron chi connectivity index (χ3n) is 5.50. The zero-order chi connectivity index (χ0) is 26.8. The number of nitrogens with two attached hydrogens (primary N) is 2. The van der Waals surface area contributed by atoms with E-state index in [1.165, 1.54) is 12.1 Å². The zero-order valence-electron chi connectivity index (χ0n) is 20.1. The van der Waals surface area contributed by atoms with Gasteiger partial charge in [0.2, 0.25) is 0 Å². The molecule has 0 aliphatic carbocycles. The molecule has 7 N–H and O–H groups in total. The van der Waals surface area contributed by atoms with Gasteiger partial charge in [-0.05, 0) is 53.9 Å². The number of halogens is 2. The van der Waals surface area contributed by atoms with Crippen LogP contribution in [0.15, 0.2) is 72.8 Å². The van der Waals surface area contributed by atoms with Gasteiger partial charge in [-0.2, -0.15) is 0 Å². The summed E-state index contributed by atoms with van der Waals surface area (Å²) in [5.41, 5.74) is 13.4. The van der Waals surface area contributed by atoms with Crippen molar-refractivity contribution in [3.05, 3.63) is 101 Å². The Hall–Kier alpha value is -3.70. The molecule has 0 saturated carbocycles. The molecule has 8 nitrogen and oxygen atoms in total. The second-order valence-electron chi connectivity index (χ2n) is 8.59. The molecule has 0 aliphatic heterocycles. The molecule has 10 heteroatoms. The van der Waals surface area contributed by atoms with E-state index in [0.29, 0.717) is 6.61 Å². The molecule has 37 heavy (non-hydrogen) atoms. The summed E-state index contributed by atoms with van der Waals surface area (Å²) in [7, 11) is 0. The van der Waals surface area contributed by atoms with Gasteiger partial charge in [0.25, 0.3) is 11.8 Å². The van der Waals surface area contributed by atoms with E-state index in [0.717, 1.165) is 23.8 Å². The molecular weight excluding hydrogens is 482 g/mol. The molecular formula is C27H30F2N4O4. The first-order valence-electron chi connectivity index (χ1n) is 11.7. The number of hydrogen-bond acceptors (Lipinski definition) is 6. The fraction of sp³-hybridized carbons (Fsp3) is 0.259. The van der Waals surface area contributed by atoms with Crippen molar-refractivity contribution in [2.75, 3.05) is 18.5 Å². The normalized spacial score (nSPS) is 13.4. The highest BCUT2D eigenvalue weighted by molar-refractivity contribution is 5.98. The largest absolute Gasteiger partial charge is 0.382 e. The van der Waals surface area contributed by atoms with Gasteiger partial charge in [-0.25, -0.2) is 8.78 Å². The number of hydrogen-bond donors (Lipinski definition) is 5. The first kappa shape index (κ1) is 27.9. The molecule has 2 amide bonds. The third kappa shape index (κ3) is 8.72. The molecule has 3 aromatic carbocycles. The number of benzene rings is 3. The van der Waals surface area contributed by atoms with E-state index in [4.69, 9.17) is 16.2 Å². The number of amides is 2. The van der Waals surface area contributed by atoms with Crippen molar-refractivity contribution in [1.29, 1.82) is 0 Å². The summed E-state index contributed by atoms with van der Waals surface area (Å²) < 4.78 is 32.6. The number of rotatable bonds is 12. The maximum absolute atomic E-state index is 13.8. The summed E-state index contributed by atoms with van der Waals surface area (Å²) in [6.07, 6.45) is -1.50. The molecule has 0 radical (unpaired) electrons. The lowest BCUT2D eigenvalue weighted by molar-refractivity contribution is -0.125. The topological polar surface area (TPSA) is 140 Å². The molecule has 0 spiro atoms. The maximum atomic E-state index is 13.8. The Kier molecular flexibility index (Phi) is 10.2. The number of aliphatic hydroxyl groups excluding tert-OH is 1. The standard InChI is InChI=1S/C27H30F2N4O4/c28-20-9-10-23(29)19(11-20)12-21(30)14-32-26(35)18-7-4-8-22(13-18)33-27(36)25(34)24(31)16-37-15-17-5-2-1-3-6-17/h1-11,13,21,24-25,34H,12,14-16,30-31H2,(H,32,35)(H,33,36)/t21?,24-,25?/m1/s1. The number of anilines is 1. The van der Waals surface area contributed by atoms with Crippen LogP contribution in [0.2, 0.25) is 0 Å². The lowest BCUT2D eigenvalue weighted by Gasteiger charge is -2.19. The first-order valence-corrected chi connectivity index (χ1v) is 11.7. The van der Waals surface area contributed by atoms with Crippen LogP contribution in [0.4, 0.5) is 14.5 Å². The van der Waals surface area contributed by atoms with Crippen LogP contribution in [0.3, 0.4) is 0 Å². The van der Waals surface area contributed by atoms with E-state index < -0.39 is 41.6 Å². The van der Waals surface area contributed by atoms with Gasteiger partial charge in [0.1, 0.15) is 17.7 Å². The highest BCUT2D eigenvalue weighted by atomic mass is 19.1. The summed E-state index contributed by atoms with van der Waals surface area (Å²) in [6.45, 7) is 0.272. The number of ether oxygens (including phenoxy) is 1. The number of aliphatic hydroxyl groups is 1. The fourth-order valence-corrected chi connectivity index (χ4v) is 3.51. The van der Waals surface area contributed by atoms with E-state index in [9.17, 15) is 23.5 Å². The van der Waals surface area contributed by atoms with Crippen molar-refractivity contribution in [1.82, 2.24) is 5.32 Å². The van der Waals surface area contributed by atoms with Crippen molar-refractivity contribution >= 4 is 17.5 Å². The number of nitrogens with one attached hydrogen (secondary N) is 2. The maximum Gasteiger partial charge on any atom is 0.254 e. The van der Waals surface area contributed by atoms with Crippen molar-refractivity contribution in [2.24, 2.45) is 11.5 Å². The van der Waals surface area contributed by atoms with E-state index in [-0.39, 0.29) is 36.4 Å². The summed E-state index contributed by atoms with van der Waals surface area (Å²) in [4.78, 5) is 25.0. The average molecular weight is 513 g/mol. The van der Waals surface area contributed by atoms with Gasteiger partial charge in [0, 0.05) is 23.8 Å². The van der Waals surface area contributed by atoms with Gasteiger partial charge < -0.3 is 31.9 Å². The Morgan fingerprint density at radius 3 is 2.49 bits per heavy atom. The lowest BCUT2D eigenvalue weighted by atomic mass is 10.1. The molecule has 0 fully saturated rings. The van der Waals surface area contributed by atoms with Crippen LogP contribution >= 0.6 is 0 Å². The quantitative estimate of drug-likeness (QED) is 0.252. The first-order chi connectivity index (χ1) is 17.7. The van der Waals surface area contributed by atoms with Gasteiger partial charge in [0.15, 0.2) is 0 Å². The minimum Gasteiger partial charge on any atom is -0.382 e. The predicted molar refractivity (Wildman–Crippen MR) is 136 cm³/mol. The van der Waals surface area contributed by atoms with Crippen molar-refractivity contribution < 1.29 is 28.2 Å². The molecule has 0 saturated heterocycles. The number of carbonyl (C=O) groups excluding carboxylic acids is 2. The van der Waals surface area contributed by atoms with Crippen LogP contribution < -0.4 is 22.1 Å². The summed E-state index contributed by atoms with van der Waals surface area (Å²) in [5.74, 6) is -2.36. The SMILES string of the molecule is NC(CNC(=O)c1cccc(NC(=O)C(O)[C@H](N)COCc2ccccc2)c1)Cc1cc(F)ccc1F. The van der Waals surface area contributed by atoms with E-state index in [1.54, 1.807) is 12.1 Å². The average Bonchev–Trinajstić information content (AvgIpc) is 2.89. The second kappa shape index (κ2) is 13.6. The van der Waals surface area contributed by atoms with Gasteiger partial charge in [-0.1, -0.05) is 36.4 Å². The molecule has 0 heterocycles. The summed E-state index contributed by atoms with van der Waals surface area (Å²) in [5, 5.41) is 15.4. The molecule has 196 valence electrons. The molecule has 0 aromatic heterocycles. The molecule has 0 bridgehead atoms. The van der Waals surface area contributed by atoms with Gasteiger partial charge in [-0.3, -0.25) is 9.59 Å². The van der Waals surface area contributed by atoms with E-state index in [2.05, 4.69) is 10.6 Å². The van der Waals surface area contributed by atoms with Crippen molar-refractivity contribution in [3.63, 3.8) is 0 Å². The van der Waals surface area contributed by atoms with Crippen molar-refractivity contribution in [3.8, 4) is 0 Å². The monoisotopic (exact) mass is 512 g/mol. The van der Waals surface area contributed by atoms with Crippen LogP contribution in [-0.4, -0.2) is 48.3 Å². The van der Waals surface area contributed by atoms with Gasteiger partial charge in [0.05, 0.1) is 19.3 Å². The second-order valence-corrected chi connectivity index (χ2v) is 8.59. The van der Waals surface area contributed by atoms with Gasteiger partial charge in [-0.15, -0.1) is 0 Å². The van der Waals surface area contributed by atoms with E-state index in [1.807, 2.05) is 30.3 Å². The minimum atomic E-state index is -1.53. The molecule has 3 atom stereocenters. The Labute approximate surface area is 213 Å². The Morgan fingerprint density at radius 1 is 0.973 bits per heavy atom. The Morgan fingerprint density at radius 2 is 1.73 bits per heavy atom. The van der Waals surface area contributed by atoms with Crippen LogP contribution in [-0.2, 0) is 22.6 Å². The van der Waals surface area contributed by atoms with Crippen molar-refractivity contribution in [2.45, 2.75) is 31.2 Å². The summed E-state index contributed by atoms with van der Waals surface area (Å²) >= 11 is 0. The zero-order valence-corrected chi connectivity index (χ0v) is 20.1. The van der Waals surface area contributed by atoms with Crippen LogP contribution in [0.25, 0.3) is 0 Å². The third-order valence-corrected chi connectivity index (χ3v) is 5.50. The Bertz CT molecular complexity index is 1200. The van der Waals surface area contributed by atoms with E-state index >= 15 is 0 Å². The smallest absolute Gasteiger partial charge is 0.254 e. The lowest BCUT2D eigenvalue weighted by Crippen LogP contribution is -2.46. The molecule has 2 unspecified atom stereocenters. The highest BCUT2D eigenvalue weighted by Crippen LogP contribution is 2.13. The molecule has 3 rings (SSSR count). The van der Waals surface area contributed by atoms with Crippen LogP contribution in [0, 0.1) is 11.6 Å². The summed E-state index contributed by atoms with van der Waals surface area (Å²) in [6, 6.07) is 17.0. The molecule has 0 aliphatic rings. The Balaban J connectivity index is 1.47. The number of carbonyl (C=O) groups is 2. The van der Waals surface area contributed by atoms with Crippen LogP contribution in [0.1, 0.15) is 21.5 Å². The molecule has 3 aromatic rings. The predicted octanol–water partition coefficient (Wildman–Crippen LogP) is 2.11.